The third-order valence-electron chi connectivity index (χ3n) is 11.1. The molecule has 1 aliphatic rings. The largest absolute Gasteiger partial charge is 0.456 e. The molecule has 0 N–H and O–H groups in total. The van der Waals surface area contributed by atoms with Crippen LogP contribution in [0.2, 0.25) is 0 Å². The van der Waals surface area contributed by atoms with Crippen LogP contribution < -0.4 is 4.90 Å². The van der Waals surface area contributed by atoms with Gasteiger partial charge in [-0.1, -0.05) is 141 Å². The van der Waals surface area contributed by atoms with E-state index in [1.165, 1.54) is 55.6 Å². The predicted octanol–water partition coefficient (Wildman–Crippen LogP) is 14.4. The maximum absolute atomic E-state index is 6.42. The minimum absolute atomic E-state index is 0.216. The van der Waals surface area contributed by atoms with E-state index in [-0.39, 0.29) is 5.41 Å². The Kier molecular flexibility index (Phi) is 7.19. The molecule has 0 aliphatic heterocycles. The van der Waals surface area contributed by atoms with Crippen molar-refractivity contribution < 1.29 is 4.42 Å². The number of para-hydroxylation sites is 2. The van der Waals surface area contributed by atoms with Crippen LogP contribution >= 0.6 is 0 Å². The van der Waals surface area contributed by atoms with Crippen molar-refractivity contribution in [2.24, 2.45) is 0 Å². The minimum Gasteiger partial charge on any atom is -0.456 e. The van der Waals surface area contributed by atoms with Gasteiger partial charge >= 0.3 is 0 Å². The molecule has 2 nitrogen and oxygen atoms in total. The van der Waals surface area contributed by atoms with Gasteiger partial charge in [-0.05, 0) is 116 Å². The molecular weight excluding hydrogens is 643 g/mol. The van der Waals surface area contributed by atoms with Gasteiger partial charge < -0.3 is 9.32 Å². The van der Waals surface area contributed by atoms with Gasteiger partial charge in [-0.2, -0.15) is 0 Å². The van der Waals surface area contributed by atoms with Gasteiger partial charge in [0.2, 0.25) is 0 Å². The minimum atomic E-state index is -0.216. The third kappa shape index (κ3) is 5.18. The van der Waals surface area contributed by atoms with Crippen LogP contribution in [0.5, 0.6) is 0 Å². The second-order valence-corrected chi connectivity index (χ2v) is 14.6. The van der Waals surface area contributed by atoms with Gasteiger partial charge in [0.05, 0.1) is 0 Å². The molecule has 0 spiro atoms. The van der Waals surface area contributed by atoms with Crippen LogP contribution in [0.1, 0.15) is 25.0 Å². The van der Waals surface area contributed by atoms with E-state index in [9.17, 15) is 0 Å². The SMILES string of the molecule is CC1(C)c2cc(-c3cc4oc5ccccc5c4cc3-c3ccccc3)ccc2-c2ccc(N(c3ccccc3)c3ccc(-c4ccccc4)cc3)cc21. The predicted molar refractivity (Wildman–Crippen MR) is 222 cm³/mol. The topological polar surface area (TPSA) is 16.4 Å². The number of hydrogen-bond donors (Lipinski definition) is 0. The molecule has 53 heavy (non-hydrogen) atoms. The maximum atomic E-state index is 6.42. The third-order valence-corrected chi connectivity index (χ3v) is 11.1. The maximum Gasteiger partial charge on any atom is 0.136 e. The summed E-state index contributed by atoms with van der Waals surface area (Å²) in [4.78, 5) is 2.37. The number of benzene rings is 8. The molecule has 252 valence electrons. The number of nitrogens with zero attached hydrogens (tertiary/aromatic N) is 1. The Labute approximate surface area is 310 Å². The van der Waals surface area contributed by atoms with Gasteiger partial charge in [-0.3, -0.25) is 0 Å². The van der Waals surface area contributed by atoms with E-state index >= 15 is 0 Å². The van der Waals surface area contributed by atoms with Crippen molar-refractivity contribution in [2.45, 2.75) is 19.3 Å². The highest BCUT2D eigenvalue weighted by molar-refractivity contribution is 6.09. The number of rotatable bonds is 6. The summed E-state index contributed by atoms with van der Waals surface area (Å²) in [6, 6.07) is 67.8. The van der Waals surface area contributed by atoms with Gasteiger partial charge in [0.1, 0.15) is 11.2 Å². The molecule has 1 heterocycles. The van der Waals surface area contributed by atoms with Crippen molar-refractivity contribution in [3.8, 4) is 44.5 Å². The fourth-order valence-corrected chi connectivity index (χ4v) is 8.36. The van der Waals surface area contributed by atoms with Crippen molar-refractivity contribution in [1.82, 2.24) is 0 Å². The molecule has 1 aromatic heterocycles. The summed E-state index contributed by atoms with van der Waals surface area (Å²) in [6.07, 6.45) is 0. The molecule has 0 amide bonds. The van der Waals surface area contributed by atoms with Crippen molar-refractivity contribution in [2.75, 3.05) is 4.90 Å². The van der Waals surface area contributed by atoms with Crippen molar-refractivity contribution in [1.29, 1.82) is 0 Å². The molecular formula is C51H37NO. The average molecular weight is 680 g/mol. The lowest BCUT2D eigenvalue weighted by atomic mass is 9.81. The Hall–Kier alpha value is -6.64. The number of hydrogen-bond acceptors (Lipinski definition) is 2. The highest BCUT2D eigenvalue weighted by atomic mass is 16.3. The Balaban J connectivity index is 1.08. The first kappa shape index (κ1) is 31.1. The molecule has 0 unspecified atom stereocenters. The van der Waals surface area contributed by atoms with Crippen LogP contribution in [0, 0.1) is 0 Å². The summed E-state index contributed by atoms with van der Waals surface area (Å²) in [5.74, 6) is 0. The zero-order valence-electron chi connectivity index (χ0n) is 29.8. The molecule has 0 saturated heterocycles. The van der Waals surface area contributed by atoms with Gasteiger partial charge in [-0.15, -0.1) is 0 Å². The lowest BCUT2D eigenvalue weighted by molar-refractivity contribution is 0.660. The van der Waals surface area contributed by atoms with E-state index in [2.05, 4.69) is 201 Å². The summed E-state index contributed by atoms with van der Waals surface area (Å²) >= 11 is 0. The average Bonchev–Trinajstić information content (AvgIpc) is 3.69. The van der Waals surface area contributed by atoms with Crippen LogP contribution in [0.25, 0.3) is 66.4 Å². The number of fused-ring (bicyclic) bond motifs is 6. The Morgan fingerprint density at radius 3 is 1.62 bits per heavy atom. The summed E-state index contributed by atoms with van der Waals surface area (Å²) < 4.78 is 6.42. The number of furan rings is 1. The van der Waals surface area contributed by atoms with Gasteiger partial charge in [0, 0.05) is 33.2 Å². The van der Waals surface area contributed by atoms with Gasteiger partial charge in [0.15, 0.2) is 0 Å². The van der Waals surface area contributed by atoms with Crippen LogP contribution in [0.4, 0.5) is 17.1 Å². The van der Waals surface area contributed by atoms with E-state index in [1.54, 1.807) is 0 Å². The summed E-state index contributed by atoms with van der Waals surface area (Å²) in [6.45, 7) is 4.74. The molecule has 0 fully saturated rings. The standard InChI is InChI=1S/C51H37NO/c1-51(2)47-30-37(45-33-50-46(43-20-12-13-21-49(43)53-50)32-44(45)36-16-8-4-9-17-36)24-28-41(47)42-29-27-40(31-48(42)51)52(38-18-10-5-11-19-38)39-25-22-35(23-26-39)34-14-6-3-7-15-34/h3-33H,1-2H3. The van der Waals surface area contributed by atoms with Crippen LogP contribution in [-0.2, 0) is 5.41 Å². The van der Waals surface area contributed by atoms with Crippen LogP contribution in [0.15, 0.2) is 192 Å². The van der Waals surface area contributed by atoms with Crippen molar-refractivity contribution in [3.05, 3.63) is 199 Å². The zero-order chi connectivity index (χ0) is 35.5. The zero-order valence-corrected chi connectivity index (χ0v) is 29.8. The summed E-state index contributed by atoms with van der Waals surface area (Å²) in [5, 5.41) is 2.28. The molecule has 8 aromatic carbocycles. The Bertz CT molecular complexity index is 2780. The fraction of sp³-hybridized carbons (Fsp3) is 0.0588. The lowest BCUT2D eigenvalue weighted by Crippen LogP contribution is -2.16. The Morgan fingerprint density at radius 2 is 0.887 bits per heavy atom. The van der Waals surface area contributed by atoms with E-state index in [4.69, 9.17) is 4.42 Å². The smallest absolute Gasteiger partial charge is 0.136 e. The molecule has 10 rings (SSSR count). The first-order valence-corrected chi connectivity index (χ1v) is 18.3. The second kappa shape index (κ2) is 12.3. The second-order valence-electron chi connectivity index (χ2n) is 14.6. The van der Waals surface area contributed by atoms with Crippen molar-refractivity contribution in [3.63, 3.8) is 0 Å². The molecule has 9 aromatic rings. The fourth-order valence-electron chi connectivity index (χ4n) is 8.36. The van der Waals surface area contributed by atoms with E-state index in [0.29, 0.717) is 0 Å². The Morgan fingerprint density at radius 1 is 0.358 bits per heavy atom. The summed E-state index contributed by atoms with van der Waals surface area (Å²) in [7, 11) is 0. The molecule has 0 radical (unpaired) electrons. The van der Waals surface area contributed by atoms with E-state index in [0.717, 1.165) is 39.0 Å². The van der Waals surface area contributed by atoms with Gasteiger partial charge in [-0.25, -0.2) is 0 Å². The monoisotopic (exact) mass is 679 g/mol. The molecule has 0 saturated carbocycles. The molecule has 2 heteroatoms. The normalized spacial score (nSPS) is 12.9. The number of anilines is 3. The van der Waals surface area contributed by atoms with E-state index < -0.39 is 0 Å². The highest BCUT2D eigenvalue weighted by Crippen LogP contribution is 2.52. The quantitative estimate of drug-likeness (QED) is 0.174. The van der Waals surface area contributed by atoms with Gasteiger partial charge in [0.25, 0.3) is 0 Å². The highest BCUT2D eigenvalue weighted by Gasteiger charge is 2.36. The lowest BCUT2D eigenvalue weighted by Gasteiger charge is -2.28. The summed E-state index contributed by atoms with van der Waals surface area (Å²) in [5.41, 5.74) is 17.5. The molecule has 1 aliphatic carbocycles. The van der Waals surface area contributed by atoms with Crippen molar-refractivity contribution >= 4 is 39.0 Å². The first-order valence-electron chi connectivity index (χ1n) is 18.3. The molecule has 0 atom stereocenters. The first-order chi connectivity index (χ1) is 26.0. The molecule has 0 bridgehead atoms. The van der Waals surface area contributed by atoms with E-state index in [1.807, 2.05) is 6.07 Å². The van der Waals surface area contributed by atoms with Crippen LogP contribution in [0.3, 0.4) is 0 Å². The van der Waals surface area contributed by atoms with Crippen LogP contribution in [-0.4, -0.2) is 0 Å².